The molecule has 3 rings (SSSR count). The molecular weight excluding hydrogens is 416 g/mol. The highest BCUT2D eigenvalue weighted by molar-refractivity contribution is 6.15. The summed E-state index contributed by atoms with van der Waals surface area (Å²) in [6, 6.07) is 5.99. The minimum absolute atomic E-state index is 0.0540. The van der Waals surface area contributed by atoms with Gasteiger partial charge >= 0.3 is 12.4 Å². The fourth-order valence-electron chi connectivity index (χ4n) is 3.05. The van der Waals surface area contributed by atoms with Crippen LogP contribution in [0, 0.1) is 0 Å². The maximum atomic E-state index is 13.1. The summed E-state index contributed by atoms with van der Waals surface area (Å²) in [4.78, 5) is 27.1. The number of alkyl halides is 6. The average molecular weight is 431 g/mol. The van der Waals surface area contributed by atoms with Crippen molar-refractivity contribution in [3.8, 4) is 0 Å². The Bertz CT molecular complexity index is 929. The van der Waals surface area contributed by atoms with Crippen molar-refractivity contribution in [1.82, 2.24) is 4.90 Å². The van der Waals surface area contributed by atoms with Crippen LogP contribution in [0.3, 0.4) is 0 Å². The standard InChI is InChI=1S/C20H15F6NO3/c21-19(22,23)13-9-12(10-14(11-13)20(24,25)26)17(28)15-3-1-2-4-16(15)18(29)27-5-7-30-8-6-27/h1-4,9-11H,5-8H2. The Balaban J connectivity index is 2.06. The molecular formula is C20H15F6NO3. The van der Waals surface area contributed by atoms with Crippen LogP contribution >= 0.6 is 0 Å². The molecule has 0 spiro atoms. The van der Waals surface area contributed by atoms with E-state index in [0.29, 0.717) is 12.1 Å². The van der Waals surface area contributed by atoms with Crippen molar-refractivity contribution < 1.29 is 40.7 Å². The first-order valence-corrected chi connectivity index (χ1v) is 8.78. The smallest absolute Gasteiger partial charge is 0.378 e. The lowest BCUT2D eigenvalue weighted by molar-refractivity contribution is -0.143. The van der Waals surface area contributed by atoms with E-state index in [0.717, 1.165) is 0 Å². The molecule has 0 unspecified atom stereocenters. The van der Waals surface area contributed by atoms with Gasteiger partial charge in [-0.1, -0.05) is 18.2 Å². The number of ketones is 1. The van der Waals surface area contributed by atoms with Crippen LogP contribution in [0.4, 0.5) is 26.3 Å². The van der Waals surface area contributed by atoms with Gasteiger partial charge in [-0.15, -0.1) is 0 Å². The van der Waals surface area contributed by atoms with Gasteiger partial charge in [0.25, 0.3) is 5.91 Å². The first-order chi connectivity index (χ1) is 14.0. The van der Waals surface area contributed by atoms with Gasteiger partial charge in [-0.2, -0.15) is 26.3 Å². The zero-order valence-electron chi connectivity index (χ0n) is 15.3. The normalized spacial score (nSPS) is 15.2. The van der Waals surface area contributed by atoms with Crippen molar-refractivity contribution >= 4 is 11.7 Å². The number of carbonyl (C=O) groups excluding carboxylic acids is 2. The van der Waals surface area contributed by atoms with Crippen LogP contribution in [0.15, 0.2) is 42.5 Å². The fraction of sp³-hybridized carbons (Fsp3) is 0.300. The number of amides is 1. The number of ether oxygens (including phenoxy) is 1. The van der Waals surface area contributed by atoms with Crippen LogP contribution < -0.4 is 0 Å². The van der Waals surface area contributed by atoms with Crippen molar-refractivity contribution in [3.05, 3.63) is 70.3 Å². The van der Waals surface area contributed by atoms with E-state index < -0.39 is 40.7 Å². The number of morpholine rings is 1. The number of carbonyl (C=O) groups is 2. The van der Waals surface area contributed by atoms with Crippen LogP contribution in [-0.4, -0.2) is 42.9 Å². The highest BCUT2D eigenvalue weighted by atomic mass is 19.4. The lowest BCUT2D eigenvalue weighted by atomic mass is 9.94. The van der Waals surface area contributed by atoms with Crippen molar-refractivity contribution in [2.75, 3.05) is 26.3 Å². The van der Waals surface area contributed by atoms with Gasteiger partial charge in [0.05, 0.1) is 29.9 Å². The topological polar surface area (TPSA) is 46.6 Å². The molecule has 30 heavy (non-hydrogen) atoms. The molecule has 0 atom stereocenters. The molecule has 1 heterocycles. The van der Waals surface area contributed by atoms with E-state index in [1.54, 1.807) is 0 Å². The van der Waals surface area contributed by atoms with E-state index in [9.17, 15) is 35.9 Å². The molecule has 1 aliphatic heterocycles. The highest BCUT2D eigenvalue weighted by Gasteiger charge is 2.38. The lowest BCUT2D eigenvalue weighted by Crippen LogP contribution is -2.41. The number of benzene rings is 2. The number of rotatable bonds is 3. The van der Waals surface area contributed by atoms with Gasteiger partial charge < -0.3 is 9.64 Å². The molecule has 1 fully saturated rings. The van der Waals surface area contributed by atoms with Gasteiger partial charge in [0.15, 0.2) is 5.78 Å². The Morgan fingerprint density at radius 1 is 0.800 bits per heavy atom. The average Bonchev–Trinajstić information content (AvgIpc) is 2.71. The van der Waals surface area contributed by atoms with Crippen molar-refractivity contribution in [1.29, 1.82) is 0 Å². The summed E-state index contributed by atoms with van der Waals surface area (Å²) in [5, 5.41) is 0. The van der Waals surface area contributed by atoms with Crippen LogP contribution in [0.5, 0.6) is 0 Å². The fourth-order valence-corrected chi connectivity index (χ4v) is 3.05. The third-order valence-electron chi connectivity index (χ3n) is 4.55. The summed E-state index contributed by atoms with van der Waals surface area (Å²) < 4.78 is 83.8. The molecule has 1 amide bonds. The molecule has 0 aliphatic carbocycles. The van der Waals surface area contributed by atoms with Gasteiger partial charge in [0.1, 0.15) is 0 Å². The zero-order valence-corrected chi connectivity index (χ0v) is 15.3. The number of hydrogen-bond donors (Lipinski definition) is 0. The molecule has 2 aromatic rings. The highest BCUT2D eigenvalue weighted by Crippen LogP contribution is 2.37. The zero-order chi connectivity index (χ0) is 22.1. The number of nitrogens with zero attached hydrogens (tertiary/aromatic N) is 1. The molecule has 4 nitrogen and oxygen atoms in total. The van der Waals surface area contributed by atoms with Gasteiger partial charge in [0, 0.05) is 24.2 Å². The monoisotopic (exact) mass is 431 g/mol. The second-order valence-electron chi connectivity index (χ2n) is 6.57. The van der Waals surface area contributed by atoms with E-state index in [2.05, 4.69) is 0 Å². The third kappa shape index (κ3) is 4.64. The van der Waals surface area contributed by atoms with Gasteiger partial charge in [-0.25, -0.2) is 0 Å². The molecule has 10 heteroatoms. The Hall–Kier alpha value is -2.88. The summed E-state index contributed by atoms with van der Waals surface area (Å²) in [6.07, 6.45) is -10.2. The molecule has 0 radical (unpaired) electrons. The maximum absolute atomic E-state index is 13.1. The first-order valence-electron chi connectivity index (χ1n) is 8.78. The van der Waals surface area contributed by atoms with E-state index in [1.165, 1.54) is 29.2 Å². The largest absolute Gasteiger partial charge is 0.416 e. The molecule has 1 saturated heterocycles. The quantitative estimate of drug-likeness (QED) is 0.534. The van der Waals surface area contributed by atoms with Gasteiger partial charge in [-0.05, 0) is 24.3 Å². The predicted molar refractivity (Wildman–Crippen MR) is 93.0 cm³/mol. The Morgan fingerprint density at radius 3 is 1.80 bits per heavy atom. The Labute approximate surface area is 167 Å². The summed E-state index contributed by atoms with van der Waals surface area (Å²) in [6.45, 7) is 1.07. The minimum Gasteiger partial charge on any atom is -0.378 e. The van der Waals surface area contributed by atoms with E-state index in [4.69, 9.17) is 4.74 Å². The molecule has 0 N–H and O–H groups in total. The summed E-state index contributed by atoms with van der Waals surface area (Å²) in [5.74, 6) is -1.66. The summed E-state index contributed by atoms with van der Waals surface area (Å²) >= 11 is 0. The maximum Gasteiger partial charge on any atom is 0.416 e. The van der Waals surface area contributed by atoms with Crippen LogP contribution in [0.2, 0.25) is 0 Å². The molecule has 160 valence electrons. The second kappa shape index (κ2) is 8.10. The van der Waals surface area contributed by atoms with Crippen molar-refractivity contribution in [2.24, 2.45) is 0 Å². The van der Waals surface area contributed by atoms with E-state index >= 15 is 0 Å². The number of hydrogen-bond acceptors (Lipinski definition) is 3. The van der Waals surface area contributed by atoms with Crippen molar-refractivity contribution in [3.63, 3.8) is 0 Å². The summed E-state index contributed by atoms with van der Waals surface area (Å²) in [5.41, 5.74) is -4.38. The third-order valence-corrected chi connectivity index (χ3v) is 4.55. The predicted octanol–water partition coefficient (Wildman–Crippen LogP) is 4.43. The molecule has 0 saturated carbocycles. The first kappa shape index (κ1) is 21.8. The number of halogens is 6. The van der Waals surface area contributed by atoms with Crippen LogP contribution in [0.25, 0.3) is 0 Å². The van der Waals surface area contributed by atoms with Gasteiger partial charge in [0.2, 0.25) is 0 Å². The van der Waals surface area contributed by atoms with Gasteiger partial charge in [-0.3, -0.25) is 9.59 Å². The SMILES string of the molecule is O=C(c1cc(C(F)(F)F)cc(C(F)(F)F)c1)c1ccccc1C(=O)N1CCOCC1. The van der Waals surface area contributed by atoms with Crippen LogP contribution in [0.1, 0.15) is 37.4 Å². The van der Waals surface area contributed by atoms with E-state index in [-0.39, 0.29) is 43.5 Å². The molecule has 1 aliphatic rings. The van der Waals surface area contributed by atoms with Crippen LogP contribution in [-0.2, 0) is 17.1 Å². The molecule has 0 aromatic heterocycles. The molecule has 0 bridgehead atoms. The molecule has 2 aromatic carbocycles. The second-order valence-corrected chi connectivity index (χ2v) is 6.57. The summed E-state index contributed by atoms with van der Waals surface area (Å²) in [7, 11) is 0. The Morgan fingerprint density at radius 2 is 1.30 bits per heavy atom. The lowest BCUT2D eigenvalue weighted by Gasteiger charge is -2.27. The van der Waals surface area contributed by atoms with Crippen molar-refractivity contribution in [2.45, 2.75) is 12.4 Å². The van der Waals surface area contributed by atoms with E-state index in [1.807, 2.05) is 0 Å². The Kier molecular flexibility index (Phi) is 5.89. The minimum atomic E-state index is -5.08.